The van der Waals surface area contributed by atoms with Gasteiger partial charge in [0, 0.05) is 12.2 Å². The molecule has 6 nitrogen and oxygen atoms in total. The van der Waals surface area contributed by atoms with Gasteiger partial charge < -0.3 is 15.0 Å². The van der Waals surface area contributed by atoms with Crippen LogP contribution in [0.25, 0.3) is 0 Å². The largest absolute Gasteiger partial charge is 0.462 e. The number of piperidine rings is 1. The maximum Gasteiger partial charge on any atom is 0.396 e. The molecular weight excluding hydrogens is 320 g/mol. The first kappa shape index (κ1) is 16.1. The van der Waals surface area contributed by atoms with Gasteiger partial charge in [-0.25, -0.2) is 4.79 Å². The van der Waals surface area contributed by atoms with Gasteiger partial charge in [-0.05, 0) is 48.8 Å². The van der Waals surface area contributed by atoms with E-state index in [1.807, 2.05) is 12.1 Å². The van der Waals surface area contributed by atoms with E-state index in [1.54, 1.807) is 4.90 Å². The second-order valence-corrected chi connectivity index (χ2v) is 7.49. The summed E-state index contributed by atoms with van der Waals surface area (Å²) >= 11 is 0. The zero-order chi connectivity index (χ0) is 17.8. The lowest BCUT2D eigenvalue weighted by Gasteiger charge is -2.38. The van der Waals surface area contributed by atoms with Crippen LogP contribution >= 0.6 is 0 Å². The molecule has 1 spiro atoms. The van der Waals surface area contributed by atoms with E-state index in [2.05, 4.69) is 23.0 Å². The van der Waals surface area contributed by atoms with Gasteiger partial charge in [-0.2, -0.15) is 0 Å². The minimum absolute atomic E-state index is 0.0828. The van der Waals surface area contributed by atoms with Crippen LogP contribution in [0.2, 0.25) is 0 Å². The van der Waals surface area contributed by atoms with Crippen molar-refractivity contribution in [2.45, 2.75) is 44.1 Å². The van der Waals surface area contributed by atoms with Crippen LogP contribution in [0.3, 0.4) is 0 Å². The lowest BCUT2D eigenvalue weighted by Crippen LogP contribution is -2.45. The number of rotatable bonds is 1. The summed E-state index contributed by atoms with van der Waals surface area (Å²) in [7, 11) is 1.23. The van der Waals surface area contributed by atoms with Gasteiger partial charge in [-0.15, -0.1) is 0 Å². The minimum Gasteiger partial charge on any atom is -0.462 e. The Balaban J connectivity index is 1.68. The predicted molar refractivity (Wildman–Crippen MR) is 90.9 cm³/mol. The first-order valence-electron chi connectivity index (χ1n) is 8.81. The lowest BCUT2D eigenvalue weighted by atomic mass is 9.87. The number of ether oxygens (including phenoxy) is 1. The number of likely N-dealkylation sites (tertiary alicyclic amines) is 1. The van der Waals surface area contributed by atoms with Crippen molar-refractivity contribution in [1.82, 2.24) is 4.90 Å². The molecule has 1 aliphatic carbocycles. The Morgan fingerprint density at radius 2 is 2.04 bits per heavy atom. The van der Waals surface area contributed by atoms with Gasteiger partial charge >= 0.3 is 11.9 Å². The maximum atomic E-state index is 12.5. The number of methoxy groups -OCH3 is 1. The molecule has 1 saturated heterocycles. The van der Waals surface area contributed by atoms with E-state index in [0.29, 0.717) is 12.5 Å². The maximum absolute atomic E-state index is 12.5. The van der Waals surface area contributed by atoms with Gasteiger partial charge in [0.05, 0.1) is 18.6 Å². The minimum atomic E-state index is -0.823. The third kappa shape index (κ3) is 2.42. The van der Waals surface area contributed by atoms with Gasteiger partial charge in [-0.3, -0.25) is 9.59 Å². The second kappa shape index (κ2) is 5.58. The number of carbonyl (C=O) groups excluding carboxylic acids is 3. The van der Waals surface area contributed by atoms with Crippen molar-refractivity contribution in [2.75, 3.05) is 19.0 Å². The van der Waals surface area contributed by atoms with Crippen LogP contribution in [-0.2, 0) is 24.5 Å². The first-order chi connectivity index (χ1) is 12.0. The van der Waals surface area contributed by atoms with Crippen molar-refractivity contribution >= 4 is 23.5 Å². The summed E-state index contributed by atoms with van der Waals surface area (Å²) in [4.78, 5) is 38.1. The molecule has 2 fully saturated rings. The SMILES string of the molecule is COC(=O)C(=O)N1CC(C)CCC1c1ccc2c(c1)C1(CC1)C(=O)N2. The third-order valence-corrected chi connectivity index (χ3v) is 5.82. The van der Waals surface area contributed by atoms with E-state index in [4.69, 9.17) is 0 Å². The van der Waals surface area contributed by atoms with Crippen LogP contribution in [0.15, 0.2) is 18.2 Å². The molecule has 0 bridgehead atoms. The van der Waals surface area contributed by atoms with Crippen molar-refractivity contribution in [3.8, 4) is 0 Å². The number of hydrogen-bond donors (Lipinski definition) is 1. The summed E-state index contributed by atoms with van der Waals surface area (Å²) < 4.78 is 4.63. The number of benzene rings is 1. The van der Waals surface area contributed by atoms with Crippen LogP contribution in [0, 0.1) is 5.92 Å². The summed E-state index contributed by atoms with van der Waals surface area (Å²) in [5.41, 5.74) is 2.55. The predicted octanol–water partition coefficient (Wildman–Crippen LogP) is 2.14. The Bertz CT molecular complexity index is 769. The highest BCUT2D eigenvalue weighted by molar-refractivity contribution is 6.32. The highest BCUT2D eigenvalue weighted by atomic mass is 16.5. The molecule has 2 heterocycles. The van der Waals surface area contributed by atoms with E-state index in [-0.39, 0.29) is 17.4 Å². The molecule has 6 heteroatoms. The molecule has 25 heavy (non-hydrogen) atoms. The van der Waals surface area contributed by atoms with Gasteiger partial charge in [0.1, 0.15) is 0 Å². The summed E-state index contributed by atoms with van der Waals surface area (Å²) in [6.07, 6.45) is 3.55. The molecule has 1 N–H and O–H groups in total. The van der Waals surface area contributed by atoms with Crippen molar-refractivity contribution < 1.29 is 19.1 Å². The van der Waals surface area contributed by atoms with Gasteiger partial charge in [0.25, 0.3) is 0 Å². The van der Waals surface area contributed by atoms with Crippen LogP contribution in [0.5, 0.6) is 0 Å². The van der Waals surface area contributed by atoms with Gasteiger partial charge in [0.2, 0.25) is 5.91 Å². The van der Waals surface area contributed by atoms with E-state index in [1.165, 1.54) is 7.11 Å². The summed E-state index contributed by atoms with van der Waals surface area (Å²) in [5.74, 6) is -0.984. The Morgan fingerprint density at radius 1 is 1.28 bits per heavy atom. The number of nitrogens with one attached hydrogen (secondary N) is 1. The smallest absolute Gasteiger partial charge is 0.396 e. The summed E-state index contributed by atoms with van der Waals surface area (Å²) in [5, 5.41) is 2.96. The van der Waals surface area contributed by atoms with Crippen molar-refractivity contribution in [2.24, 2.45) is 5.92 Å². The Hall–Kier alpha value is -2.37. The average molecular weight is 342 g/mol. The molecule has 4 rings (SSSR count). The number of nitrogens with zero attached hydrogens (tertiary/aromatic N) is 1. The van der Waals surface area contributed by atoms with Crippen LogP contribution < -0.4 is 5.32 Å². The Kier molecular flexibility index (Phi) is 3.60. The van der Waals surface area contributed by atoms with Gasteiger partial charge in [0.15, 0.2) is 0 Å². The average Bonchev–Trinajstić information content (AvgIpc) is 3.37. The normalized spacial score (nSPS) is 26.2. The zero-order valence-corrected chi connectivity index (χ0v) is 14.5. The number of fused-ring (bicyclic) bond motifs is 2. The molecule has 2 atom stereocenters. The molecule has 3 aliphatic rings. The lowest BCUT2D eigenvalue weighted by molar-refractivity contribution is -0.160. The Morgan fingerprint density at radius 3 is 2.72 bits per heavy atom. The standard InChI is InChI=1S/C19H22N2O4/c1-11-3-6-15(21(10-11)16(22)17(23)25-2)12-4-5-14-13(9-12)19(7-8-19)18(24)20-14/h4-5,9,11,15H,3,6-8,10H2,1-2H3,(H,20,24). The van der Waals surface area contributed by atoms with Crippen molar-refractivity contribution in [3.63, 3.8) is 0 Å². The highest BCUT2D eigenvalue weighted by Gasteiger charge is 2.56. The number of hydrogen-bond acceptors (Lipinski definition) is 4. The van der Waals surface area contributed by atoms with E-state index in [9.17, 15) is 14.4 Å². The third-order valence-electron chi connectivity index (χ3n) is 5.82. The number of carbonyl (C=O) groups is 3. The molecule has 1 aromatic rings. The van der Waals surface area contributed by atoms with E-state index in [0.717, 1.165) is 42.5 Å². The first-order valence-corrected chi connectivity index (χ1v) is 8.81. The number of amides is 2. The molecule has 2 unspecified atom stereocenters. The summed E-state index contributed by atoms with van der Waals surface area (Å²) in [6, 6.07) is 5.78. The van der Waals surface area contributed by atoms with Crippen molar-refractivity contribution in [3.05, 3.63) is 29.3 Å². The van der Waals surface area contributed by atoms with Gasteiger partial charge in [-0.1, -0.05) is 19.1 Å². The molecule has 132 valence electrons. The van der Waals surface area contributed by atoms with Crippen LogP contribution in [-0.4, -0.2) is 36.3 Å². The second-order valence-electron chi connectivity index (χ2n) is 7.49. The molecule has 0 radical (unpaired) electrons. The Labute approximate surface area is 146 Å². The van der Waals surface area contributed by atoms with E-state index < -0.39 is 11.9 Å². The molecule has 1 aromatic carbocycles. The fraction of sp³-hybridized carbons (Fsp3) is 0.526. The highest BCUT2D eigenvalue weighted by Crippen LogP contribution is 2.55. The molecule has 2 amide bonds. The topological polar surface area (TPSA) is 75.7 Å². The summed E-state index contributed by atoms with van der Waals surface area (Å²) in [6.45, 7) is 2.62. The fourth-order valence-corrected chi connectivity index (χ4v) is 4.19. The van der Waals surface area contributed by atoms with Crippen molar-refractivity contribution in [1.29, 1.82) is 0 Å². The molecular formula is C19H22N2O4. The molecule has 2 aliphatic heterocycles. The zero-order valence-electron chi connectivity index (χ0n) is 14.5. The molecule has 0 aromatic heterocycles. The monoisotopic (exact) mass is 342 g/mol. The van der Waals surface area contributed by atoms with E-state index >= 15 is 0 Å². The fourth-order valence-electron chi connectivity index (χ4n) is 4.19. The van der Waals surface area contributed by atoms with Crippen LogP contribution in [0.1, 0.15) is 49.8 Å². The number of anilines is 1. The number of esters is 1. The quantitative estimate of drug-likeness (QED) is 0.627. The van der Waals surface area contributed by atoms with Crippen LogP contribution in [0.4, 0.5) is 5.69 Å². The molecule has 1 saturated carbocycles.